The Balaban J connectivity index is 0.000000226. The van der Waals surface area contributed by atoms with Gasteiger partial charge in [0, 0.05) is 46.2 Å². The van der Waals surface area contributed by atoms with Crippen molar-refractivity contribution in [3.05, 3.63) is 105 Å². The number of carbonyl (C=O) groups is 3. The normalized spacial score (nSPS) is 14.9. The zero-order chi connectivity index (χ0) is 44.6. The summed E-state index contributed by atoms with van der Waals surface area (Å²) in [5.41, 5.74) is -0.599. The highest BCUT2D eigenvalue weighted by atomic mass is 35.5. The van der Waals surface area contributed by atoms with Gasteiger partial charge in [-0.1, -0.05) is 91.4 Å². The van der Waals surface area contributed by atoms with Gasteiger partial charge in [0.25, 0.3) is 0 Å². The summed E-state index contributed by atoms with van der Waals surface area (Å²) in [6.45, 7) is 8.42. The van der Waals surface area contributed by atoms with E-state index in [9.17, 15) is 45.8 Å². The maximum Gasteiger partial charge on any atom is 0.425 e. The SMILES string of the molecule is CCOC(=O)CCCOc1cc(Cl)c2c(c1)C(=O)c1ccccc1-2.CCOC(=O)CCCOc1cc(Cl)c2c(c1)[C@@](O)(C(F)(F)F)c1ccccc1-2.C[Si](C)(C)C(F)(F)F. The summed E-state index contributed by atoms with van der Waals surface area (Å²) >= 11 is 12.6. The number of esters is 2. The Bertz CT molecular complexity index is 2180. The Morgan fingerprint density at radius 2 is 1.12 bits per heavy atom. The van der Waals surface area contributed by atoms with Gasteiger partial charge in [-0.15, -0.1) is 0 Å². The van der Waals surface area contributed by atoms with E-state index in [1.807, 2.05) is 18.2 Å². The molecule has 0 radical (unpaired) electrons. The molecule has 0 bridgehead atoms. The van der Waals surface area contributed by atoms with Gasteiger partial charge in [0.15, 0.2) is 13.9 Å². The van der Waals surface area contributed by atoms with Crippen molar-refractivity contribution < 1.29 is 64.8 Å². The highest BCUT2D eigenvalue weighted by Gasteiger charge is 2.61. The standard InChI is InChI=1S/C20H18ClF3O4.C19H17ClO4.C4H9F3Si/c1-2-27-17(25)8-5-9-28-12-10-15-18(16(21)11-12)13-6-3-4-7-14(13)19(15,26)20(22,23)24;1-2-23-17(21)8-5-9-24-12-10-15-18(16(20)11-12)13-6-3-4-7-14(13)19(15)22;1-8(2,3)4(5,6)7/h3-4,6-7,10-11,26H,2,5,8-9H2,1H3;3-4,6-7,10-11H,2,5,8-9H2,1H3;1-3H3/t19-;;/m1../s1. The molecule has 0 aliphatic heterocycles. The lowest BCUT2D eigenvalue weighted by Crippen LogP contribution is -2.41. The van der Waals surface area contributed by atoms with Gasteiger partial charge in [-0.2, -0.15) is 26.3 Å². The molecule has 6 rings (SSSR count). The molecule has 8 nitrogen and oxygen atoms in total. The monoisotopic (exact) mass is 900 g/mol. The maximum absolute atomic E-state index is 13.8. The minimum Gasteiger partial charge on any atom is -0.494 e. The number of ether oxygens (including phenoxy) is 4. The first-order valence-electron chi connectivity index (χ1n) is 18.9. The molecule has 1 N–H and O–H groups in total. The predicted molar refractivity (Wildman–Crippen MR) is 218 cm³/mol. The van der Waals surface area contributed by atoms with Gasteiger partial charge in [0.2, 0.25) is 5.60 Å². The summed E-state index contributed by atoms with van der Waals surface area (Å²) < 4.78 is 97.2. The van der Waals surface area contributed by atoms with Crippen LogP contribution in [0.2, 0.25) is 29.7 Å². The number of carbonyl (C=O) groups excluding carboxylic acids is 3. The Morgan fingerprint density at radius 1 is 0.667 bits per heavy atom. The first-order valence-corrected chi connectivity index (χ1v) is 23.2. The molecule has 0 unspecified atom stereocenters. The molecule has 0 saturated carbocycles. The molecule has 0 spiro atoms. The van der Waals surface area contributed by atoms with E-state index in [1.165, 1.54) is 43.9 Å². The van der Waals surface area contributed by atoms with E-state index in [0.717, 1.165) is 17.2 Å². The van der Waals surface area contributed by atoms with Crippen LogP contribution in [-0.4, -0.2) is 69.3 Å². The summed E-state index contributed by atoms with van der Waals surface area (Å²) in [7, 11) is -2.86. The number of benzene rings is 4. The lowest BCUT2D eigenvalue weighted by molar-refractivity contribution is -0.246. The molecule has 2 aliphatic rings. The van der Waals surface area contributed by atoms with E-state index in [0.29, 0.717) is 54.4 Å². The second-order valence-corrected chi connectivity index (χ2v) is 20.4. The van der Waals surface area contributed by atoms with Gasteiger partial charge in [-0.3, -0.25) is 14.4 Å². The Labute approximate surface area is 354 Å². The first-order chi connectivity index (χ1) is 28.1. The topological polar surface area (TPSA) is 108 Å². The molecule has 0 saturated heterocycles. The van der Waals surface area contributed by atoms with Crippen LogP contribution in [0, 0.1) is 0 Å². The molecule has 1 atom stereocenters. The smallest absolute Gasteiger partial charge is 0.425 e. The van der Waals surface area contributed by atoms with Crippen molar-refractivity contribution in [2.45, 2.75) is 76.7 Å². The number of hydrogen-bond acceptors (Lipinski definition) is 8. The summed E-state index contributed by atoms with van der Waals surface area (Å²) in [5, 5.41) is 11.2. The lowest BCUT2D eigenvalue weighted by Gasteiger charge is -2.28. The van der Waals surface area contributed by atoms with Gasteiger partial charge in [-0.05, 0) is 62.1 Å². The van der Waals surface area contributed by atoms with Crippen molar-refractivity contribution >= 4 is 49.0 Å². The molecule has 0 amide bonds. The van der Waals surface area contributed by atoms with Crippen molar-refractivity contribution in [3.63, 3.8) is 0 Å². The molecule has 324 valence electrons. The number of alkyl halides is 6. The van der Waals surface area contributed by atoms with Crippen LogP contribution in [-0.2, 0) is 24.7 Å². The van der Waals surface area contributed by atoms with Crippen LogP contribution >= 0.6 is 23.2 Å². The summed E-state index contributed by atoms with van der Waals surface area (Å²) in [4.78, 5) is 35.1. The van der Waals surface area contributed by atoms with Crippen LogP contribution < -0.4 is 9.47 Å². The van der Waals surface area contributed by atoms with Crippen molar-refractivity contribution in [1.29, 1.82) is 0 Å². The van der Waals surface area contributed by atoms with Crippen LogP contribution in [0.5, 0.6) is 11.5 Å². The zero-order valence-corrected chi connectivity index (χ0v) is 35.9. The molecule has 17 heteroatoms. The van der Waals surface area contributed by atoms with E-state index < -0.39 is 25.7 Å². The van der Waals surface area contributed by atoms with Crippen molar-refractivity contribution in [2.75, 3.05) is 26.4 Å². The quantitative estimate of drug-likeness (QED) is 0.0571. The van der Waals surface area contributed by atoms with E-state index >= 15 is 0 Å². The molecule has 0 aromatic heterocycles. The molecular formula is C43H44Cl2F6O8Si. The van der Waals surface area contributed by atoms with Crippen molar-refractivity contribution in [3.8, 4) is 33.8 Å². The number of ketones is 1. The number of hydrogen-bond donors (Lipinski definition) is 1. The highest BCUT2D eigenvalue weighted by molar-refractivity contribution is 6.78. The van der Waals surface area contributed by atoms with Crippen molar-refractivity contribution in [1.82, 2.24) is 0 Å². The summed E-state index contributed by atoms with van der Waals surface area (Å²) in [6, 6.07) is 19.1. The van der Waals surface area contributed by atoms with Gasteiger partial charge in [0.05, 0.1) is 36.5 Å². The lowest BCUT2D eigenvalue weighted by atomic mass is 9.90. The van der Waals surface area contributed by atoms with Crippen LogP contribution in [0.4, 0.5) is 26.3 Å². The predicted octanol–water partition coefficient (Wildman–Crippen LogP) is 11.5. The average molecular weight is 902 g/mol. The number of rotatable bonds is 12. The summed E-state index contributed by atoms with van der Waals surface area (Å²) in [6.07, 6.45) is -3.64. The van der Waals surface area contributed by atoms with E-state index in [1.54, 1.807) is 38.1 Å². The van der Waals surface area contributed by atoms with Gasteiger partial charge in [-0.25, -0.2) is 0 Å². The molecule has 0 fully saturated rings. The molecule has 2 aliphatic carbocycles. The maximum atomic E-state index is 13.8. The third-order valence-electron chi connectivity index (χ3n) is 9.25. The fraction of sp³-hybridized carbons (Fsp3) is 0.372. The number of fused-ring (bicyclic) bond motifs is 6. The zero-order valence-electron chi connectivity index (χ0n) is 33.4. The fourth-order valence-electron chi connectivity index (χ4n) is 6.13. The van der Waals surface area contributed by atoms with Gasteiger partial charge in [0.1, 0.15) is 11.5 Å². The largest absolute Gasteiger partial charge is 0.494 e. The Hall–Kier alpha value is -4.57. The van der Waals surface area contributed by atoms with Gasteiger partial charge < -0.3 is 24.1 Å². The second-order valence-electron chi connectivity index (χ2n) is 14.5. The minimum atomic E-state index is -4.94. The summed E-state index contributed by atoms with van der Waals surface area (Å²) in [5.74, 6) is -3.96. The third-order valence-corrected chi connectivity index (χ3v) is 11.5. The van der Waals surface area contributed by atoms with Gasteiger partial charge >= 0.3 is 23.9 Å². The van der Waals surface area contributed by atoms with E-state index in [2.05, 4.69) is 0 Å². The molecule has 60 heavy (non-hydrogen) atoms. The molecule has 4 aromatic carbocycles. The van der Waals surface area contributed by atoms with Crippen LogP contribution in [0.1, 0.15) is 66.6 Å². The number of halogens is 8. The van der Waals surface area contributed by atoms with E-state index in [4.69, 9.17) is 42.1 Å². The third kappa shape index (κ3) is 11.0. The Morgan fingerprint density at radius 3 is 1.60 bits per heavy atom. The van der Waals surface area contributed by atoms with Crippen LogP contribution in [0.3, 0.4) is 0 Å². The molecule has 4 aromatic rings. The van der Waals surface area contributed by atoms with Crippen molar-refractivity contribution in [2.24, 2.45) is 0 Å². The average Bonchev–Trinajstić information content (AvgIpc) is 3.61. The molecule has 0 heterocycles. The van der Waals surface area contributed by atoms with Crippen LogP contribution in [0.25, 0.3) is 22.3 Å². The second kappa shape index (κ2) is 19.9. The first kappa shape index (κ1) is 48.1. The highest BCUT2D eigenvalue weighted by Crippen LogP contribution is 2.57. The Kier molecular flexibility index (Phi) is 15.9. The fourth-order valence-corrected chi connectivity index (χ4v) is 6.76. The van der Waals surface area contributed by atoms with E-state index in [-0.39, 0.29) is 70.4 Å². The number of aliphatic hydroxyl groups is 1. The van der Waals surface area contributed by atoms with Crippen LogP contribution in [0.15, 0.2) is 72.8 Å². The minimum absolute atomic E-state index is 0.0422. The molecular weight excluding hydrogens is 857 g/mol.